The van der Waals surface area contributed by atoms with E-state index < -0.39 is 0 Å². The van der Waals surface area contributed by atoms with Crippen molar-refractivity contribution in [2.75, 3.05) is 39.4 Å². The standard InChI is InChI=1S/C26H30FN5OS/c1-18-17-22(19(2)32(18)21-8-6-20(27)7-9-21)25-24(23-5-3-4-10-28-23)29-26(34)31(25)12-11-30-13-15-33-16-14-30/h3-10,17,24-25H,11-16H2,1-2H3,(H,29,34)/t24-,25+/m1/s1. The molecule has 2 aliphatic rings. The van der Waals surface area contributed by atoms with Crippen LogP contribution in [0.1, 0.15) is 34.7 Å². The smallest absolute Gasteiger partial charge is 0.170 e. The van der Waals surface area contributed by atoms with Crippen LogP contribution in [0.5, 0.6) is 0 Å². The van der Waals surface area contributed by atoms with Gasteiger partial charge in [0.25, 0.3) is 0 Å². The highest BCUT2D eigenvalue weighted by molar-refractivity contribution is 7.80. The molecule has 2 atom stereocenters. The molecule has 0 unspecified atom stereocenters. The number of thiocarbonyl (C=S) groups is 1. The van der Waals surface area contributed by atoms with E-state index in [4.69, 9.17) is 17.0 Å². The van der Waals surface area contributed by atoms with Crippen LogP contribution in [0, 0.1) is 19.7 Å². The molecule has 0 saturated carbocycles. The van der Waals surface area contributed by atoms with Crippen LogP contribution < -0.4 is 5.32 Å². The molecule has 5 rings (SSSR count). The number of aryl methyl sites for hydroxylation is 1. The molecule has 34 heavy (non-hydrogen) atoms. The predicted octanol–water partition coefficient (Wildman–Crippen LogP) is 3.93. The molecule has 0 spiro atoms. The quantitative estimate of drug-likeness (QED) is 0.541. The van der Waals surface area contributed by atoms with Crippen LogP contribution >= 0.6 is 12.2 Å². The minimum atomic E-state index is -0.235. The van der Waals surface area contributed by atoms with Crippen LogP contribution in [0.3, 0.4) is 0 Å². The molecule has 0 aliphatic carbocycles. The molecule has 2 fully saturated rings. The molecular formula is C26H30FN5OS. The summed E-state index contributed by atoms with van der Waals surface area (Å²) in [6.07, 6.45) is 1.83. The second-order valence-corrected chi connectivity index (χ2v) is 9.30. The van der Waals surface area contributed by atoms with Gasteiger partial charge in [-0.1, -0.05) is 6.07 Å². The van der Waals surface area contributed by atoms with E-state index in [0.717, 1.165) is 67.3 Å². The maximum atomic E-state index is 13.6. The Morgan fingerprint density at radius 1 is 1.09 bits per heavy atom. The Labute approximate surface area is 205 Å². The topological polar surface area (TPSA) is 45.6 Å². The zero-order valence-corrected chi connectivity index (χ0v) is 20.4. The molecule has 4 heterocycles. The molecule has 2 aliphatic heterocycles. The van der Waals surface area contributed by atoms with Gasteiger partial charge in [-0.2, -0.15) is 0 Å². The number of halogens is 1. The highest BCUT2D eigenvalue weighted by Crippen LogP contribution is 2.41. The Balaban J connectivity index is 1.52. The molecule has 1 N–H and O–H groups in total. The highest BCUT2D eigenvalue weighted by Gasteiger charge is 2.41. The number of benzene rings is 1. The summed E-state index contributed by atoms with van der Waals surface area (Å²) in [7, 11) is 0. The molecule has 0 amide bonds. The van der Waals surface area contributed by atoms with E-state index in [1.54, 1.807) is 0 Å². The van der Waals surface area contributed by atoms with Crippen molar-refractivity contribution in [2.45, 2.75) is 25.9 Å². The molecule has 0 radical (unpaired) electrons. The largest absolute Gasteiger partial charge is 0.379 e. The summed E-state index contributed by atoms with van der Waals surface area (Å²) in [5.74, 6) is -0.235. The lowest BCUT2D eigenvalue weighted by atomic mass is 9.96. The zero-order valence-electron chi connectivity index (χ0n) is 19.6. The van der Waals surface area contributed by atoms with Gasteiger partial charge in [0.1, 0.15) is 5.82 Å². The lowest BCUT2D eigenvalue weighted by Gasteiger charge is -2.32. The molecule has 6 nitrogen and oxygen atoms in total. The first-order chi connectivity index (χ1) is 16.5. The highest BCUT2D eigenvalue weighted by atomic mass is 32.1. The summed E-state index contributed by atoms with van der Waals surface area (Å²) in [6.45, 7) is 9.41. The minimum Gasteiger partial charge on any atom is -0.379 e. The molecule has 178 valence electrons. The van der Waals surface area contributed by atoms with Gasteiger partial charge in [-0.15, -0.1) is 0 Å². The summed E-state index contributed by atoms with van der Waals surface area (Å²) in [5.41, 5.74) is 5.34. The summed E-state index contributed by atoms with van der Waals surface area (Å²) >= 11 is 5.85. The number of ether oxygens (including phenoxy) is 1. The van der Waals surface area contributed by atoms with Gasteiger partial charge in [0.15, 0.2) is 5.11 Å². The van der Waals surface area contributed by atoms with Crippen LogP contribution in [-0.4, -0.2) is 63.9 Å². The Kier molecular flexibility index (Phi) is 6.63. The van der Waals surface area contributed by atoms with Gasteiger partial charge in [0, 0.05) is 49.5 Å². The maximum Gasteiger partial charge on any atom is 0.170 e. The number of nitrogens with zero attached hydrogens (tertiary/aromatic N) is 4. The third kappa shape index (κ3) is 4.45. The van der Waals surface area contributed by atoms with Gasteiger partial charge in [0.05, 0.1) is 31.0 Å². The molecule has 2 saturated heterocycles. The van der Waals surface area contributed by atoms with Crippen molar-refractivity contribution in [1.82, 2.24) is 24.7 Å². The number of pyridine rings is 1. The lowest BCUT2D eigenvalue weighted by molar-refractivity contribution is 0.0350. The fraction of sp³-hybridized carbons (Fsp3) is 0.385. The van der Waals surface area contributed by atoms with Crippen molar-refractivity contribution in [2.24, 2.45) is 0 Å². The van der Waals surface area contributed by atoms with Gasteiger partial charge in [-0.25, -0.2) is 4.39 Å². The number of hydrogen-bond donors (Lipinski definition) is 1. The van der Waals surface area contributed by atoms with Gasteiger partial charge < -0.3 is 19.5 Å². The third-order valence-electron chi connectivity index (χ3n) is 6.83. The zero-order chi connectivity index (χ0) is 23.7. The average molecular weight is 480 g/mol. The Hall–Kier alpha value is -2.81. The Morgan fingerprint density at radius 3 is 2.56 bits per heavy atom. The number of rotatable bonds is 6. The lowest BCUT2D eigenvalue weighted by Crippen LogP contribution is -2.42. The van der Waals surface area contributed by atoms with Crippen LogP contribution in [0.15, 0.2) is 54.7 Å². The Bertz CT molecular complexity index is 1140. The Morgan fingerprint density at radius 2 is 1.85 bits per heavy atom. The van der Waals surface area contributed by atoms with E-state index >= 15 is 0 Å². The fourth-order valence-electron chi connectivity index (χ4n) is 5.13. The first kappa shape index (κ1) is 23.0. The monoisotopic (exact) mass is 479 g/mol. The second-order valence-electron chi connectivity index (χ2n) is 8.91. The maximum absolute atomic E-state index is 13.6. The van der Waals surface area contributed by atoms with Crippen molar-refractivity contribution in [3.05, 3.63) is 83.2 Å². The van der Waals surface area contributed by atoms with Crippen molar-refractivity contribution >= 4 is 17.3 Å². The van der Waals surface area contributed by atoms with Gasteiger partial charge in [-0.05, 0) is 74.1 Å². The summed E-state index contributed by atoms with van der Waals surface area (Å²) in [5, 5.41) is 4.30. The molecule has 8 heteroatoms. The molecule has 2 aromatic heterocycles. The second kappa shape index (κ2) is 9.82. The summed E-state index contributed by atoms with van der Waals surface area (Å²) in [6, 6.07) is 14.8. The van der Waals surface area contributed by atoms with E-state index in [1.807, 2.05) is 30.5 Å². The van der Waals surface area contributed by atoms with E-state index in [1.165, 1.54) is 17.7 Å². The van der Waals surface area contributed by atoms with Crippen LogP contribution in [0.4, 0.5) is 4.39 Å². The predicted molar refractivity (Wildman–Crippen MR) is 135 cm³/mol. The molecule has 1 aromatic carbocycles. The summed E-state index contributed by atoms with van der Waals surface area (Å²) in [4.78, 5) is 9.39. The van der Waals surface area contributed by atoms with Gasteiger partial charge >= 0.3 is 0 Å². The van der Waals surface area contributed by atoms with Crippen molar-refractivity contribution in [3.8, 4) is 5.69 Å². The molecule has 3 aromatic rings. The number of morpholine rings is 1. The van der Waals surface area contributed by atoms with Crippen molar-refractivity contribution in [1.29, 1.82) is 0 Å². The van der Waals surface area contributed by atoms with E-state index in [0.29, 0.717) is 0 Å². The third-order valence-corrected chi connectivity index (χ3v) is 7.18. The first-order valence-electron chi connectivity index (χ1n) is 11.8. The minimum absolute atomic E-state index is 0.00355. The van der Waals surface area contributed by atoms with Gasteiger partial charge in [-0.3, -0.25) is 9.88 Å². The van der Waals surface area contributed by atoms with Crippen molar-refractivity contribution in [3.63, 3.8) is 0 Å². The average Bonchev–Trinajstić information content (AvgIpc) is 3.34. The van der Waals surface area contributed by atoms with Gasteiger partial charge in [0.2, 0.25) is 0 Å². The first-order valence-corrected chi connectivity index (χ1v) is 12.2. The van der Waals surface area contributed by atoms with E-state index in [2.05, 4.69) is 50.6 Å². The molecular weight excluding hydrogens is 449 g/mol. The van der Waals surface area contributed by atoms with E-state index in [-0.39, 0.29) is 17.9 Å². The fourth-order valence-corrected chi connectivity index (χ4v) is 5.47. The normalized spacial score (nSPS) is 21.1. The number of hydrogen-bond acceptors (Lipinski definition) is 4. The number of aromatic nitrogens is 2. The SMILES string of the molecule is Cc1cc([C@H]2[C@@H](c3ccccn3)NC(=S)N2CCN2CCOCC2)c(C)n1-c1ccc(F)cc1. The molecule has 0 bridgehead atoms. The van der Waals surface area contributed by atoms with Crippen LogP contribution in [0.25, 0.3) is 5.69 Å². The van der Waals surface area contributed by atoms with Crippen LogP contribution in [0.2, 0.25) is 0 Å². The summed E-state index contributed by atoms with van der Waals surface area (Å²) < 4.78 is 21.3. The van der Waals surface area contributed by atoms with E-state index in [9.17, 15) is 4.39 Å². The van der Waals surface area contributed by atoms with Crippen LogP contribution in [-0.2, 0) is 4.74 Å². The van der Waals surface area contributed by atoms with Crippen molar-refractivity contribution < 1.29 is 9.13 Å². The number of nitrogens with one attached hydrogen (secondary N) is 1.